The Balaban J connectivity index is 3.65. The molecule has 8 heteroatoms. The summed E-state index contributed by atoms with van der Waals surface area (Å²) in [5.74, 6) is -0.739. The number of hydrogen-bond donors (Lipinski definition) is 1. The highest BCUT2D eigenvalue weighted by atomic mass is 32.3. The van der Waals surface area contributed by atoms with Crippen molar-refractivity contribution in [3.8, 4) is 0 Å². The van der Waals surface area contributed by atoms with Crippen LogP contribution in [0, 0.1) is 0 Å². The van der Waals surface area contributed by atoms with Crippen molar-refractivity contribution in [3.63, 3.8) is 0 Å². The van der Waals surface area contributed by atoms with Gasteiger partial charge in [0.1, 0.15) is 0 Å². The van der Waals surface area contributed by atoms with Crippen LogP contribution in [0.3, 0.4) is 0 Å². The fraction of sp³-hybridized carbons (Fsp3) is 1.00. The molecule has 0 aliphatic rings. The minimum Gasteiger partial charge on any atom is -0.329 e. The first-order chi connectivity index (χ1) is 10.3. The SMILES string of the molecule is CCCCCCCCCCCCS(=O)(=O)OS(=O)(=O)CCN. The molecule has 0 radical (unpaired) electrons. The first-order valence-electron chi connectivity index (χ1n) is 8.19. The Morgan fingerprint density at radius 3 is 1.55 bits per heavy atom. The molecule has 0 heterocycles. The summed E-state index contributed by atoms with van der Waals surface area (Å²) in [4.78, 5) is 0. The average Bonchev–Trinajstić information content (AvgIpc) is 2.39. The summed E-state index contributed by atoms with van der Waals surface area (Å²) in [6.45, 7) is 2.04. The molecule has 0 aromatic carbocycles. The van der Waals surface area contributed by atoms with Crippen molar-refractivity contribution in [1.29, 1.82) is 0 Å². The average molecular weight is 358 g/mol. The van der Waals surface area contributed by atoms with Gasteiger partial charge >= 0.3 is 0 Å². The van der Waals surface area contributed by atoms with E-state index in [9.17, 15) is 16.8 Å². The Kier molecular flexibility index (Phi) is 12.2. The molecule has 0 aliphatic heterocycles. The standard InChI is InChI=1S/C14H31NO5S2/c1-2-3-4-5-6-7-8-9-10-11-13-21(16,17)20-22(18,19)14-12-15/h2-15H2,1H3. The Labute approximate surface area is 136 Å². The molecule has 134 valence electrons. The third-order valence-corrected chi connectivity index (χ3v) is 6.51. The maximum absolute atomic E-state index is 11.5. The zero-order valence-corrected chi connectivity index (χ0v) is 15.3. The smallest absolute Gasteiger partial charge is 0.283 e. The van der Waals surface area contributed by atoms with E-state index in [0.717, 1.165) is 19.3 Å². The molecular weight excluding hydrogens is 326 g/mol. The number of hydrogen-bond acceptors (Lipinski definition) is 6. The summed E-state index contributed by atoms with van der Waals surface area (Å²) >= 11 is 0. The van der Waals surface area contributed by atoms with Gasteiger partial charge in [0, 0.05) is 6.54 Å². The predicted molar refractivity (Wildman–Crippen MR) is 89.6 cm³/mol. The van der Waals surface area contributed by atoms with E-state index in [-0.39, 0.29) is 12.3 Å². The van der Waals surface area contributed by atoms with Crippen molar-refractivity contribution >= 4 is 20.2 Å². The van der Waals surface area contributed by atoms with Gasteiger partial charge in [0.05, 0.1) is 11.5 Å². The van der Waals surface area contributed by atoms with Crippen LogP contribution in [0.15, 0.2) is 0 Å². The van der Waals surface area contributed by atoms with Crippen molar-refractivity contribution in [2.75, 3.05) is 18.1 Å². The minimum absolute atomic E-state index is 0.157. The van der Waals surface area contributed by atoms with Crippen LogP contribution in [0.4, 0.5) is 0 Å². The second-order valence-electron chi connectivity index (χ2n) is 5.56. The first kappa shape index (κ1) is 21.8. The van der Waals surface area contributed by atoms with Crippen LogP contribution in [0.1, 0.15) is 71.1 Å². The van der Waals surface area contributed by atoms with Gasteiger partial charge in [-0.05, 0) is 6.42 Å². The van der Waals surface area contributed by atoms with E-state index in [0.29, 0.717) is 6.42 Å². The highest BCUT2D eigenvalue weighted by Crippen LogP contribution is 2.12. The molecule has 0 aromatic rings. The van der Waals surface area contributed by atoms with E-state index >= 15 is 0 Å². The largest absolute Gasteiger partial charge is 0.329 e. The van der Waals surface area contributed by atoms with Gasteiger partial charge in [0.15, 0.2) is 0 Å². The summed E-state index contributed by atoms with van der Waals surface area (Å²) in [6.07, 6.45) is 10.8. The lowest BCUT2D eigenvalue weighted by atomic mass is 10.1. The highest BCUT2D eigenvalue weighted by molar-refractivity contribution is 7.99. The molecule has 0 saturated carbocycles. The van der Waals surface area contributed by atoms with Crippen LogP contribution in [-0.2, 0) is 23.9 Å². The van der Waals surface area contributed by atoms with E-state index in [2.05, 4.69) is 10.6 Å². The van der Waals surface area contributed by atoms with E-state index in [4.69, 9.17) is 5.73 Å². The van der Waals surface area contributed by atoms with E-state index < -0.39 is 26.0 Å². The molecule has 22 heavy (non-hydrogen) atoms. The van der Waals surface area contributed by atoms with Crippen molar-refractivity contribution in [3.05, 3.63) is 0 Å². The monoisotopic (exact) mass is 357 g/mol. The van der Waals surface area contributed by atoms with Crippen molar-refractivity contribution in [1.82, 2.24) is 0 Å². The molecule has 0 fully saturated rings. The molecule has 2 N–H and O–H groups in total. The molecule has 0 bridgehead atoms. The molecular formula is C14H31NO5S2. The van der Waals surface area contributed by atoms with E-state index in [1.807, 2.05) is 0 Å². The summed E-state index contributed by atoms with van der Waals surface area (Å²) in [7, 11) is -8.08. The fourth-order valence-corrected chi connectivity index (χ4v) is 4.79. The summed E-state index contributed by atoms with van der Waals surface area (Å²) < 4.78 is 49.7. The molecule has 0 spiro atoms. The summed E-state index contributed by atoms with van der Waals surface area (Å²) in [5.41, 5.74) is 5.09. The van der Waals surface area contributed by atoms with Crippen molar-refractivity contribution in [2.24, 2.45) is 5.73 Å². The van der Waals surface area contributed by atoms with Gasteiger partial charge < -0.3 is 5.73 Å². The maximum atomic E-state index is 11.5. The van der Waals surface area contributed by atoms with Crippen LogP contribution in [-0.4, -0.2) is 34.9 Å². The highest BCUT2D eigenvalue weighted by Gasteiger charge is 2.21. The molecule has 6 nitrogen and oxygen atoms in total. The normalized spacial score (nSPS) is 12.6. The van der Waals surface area contributed by atoms with E-state index in [1.165, 1.54) is 38.5 Å². The number of nitrogens with two attached hydrogens (primary N) is 1. The lowest BCUT2D eigenvalue weighted by Gasteiger charge is -2.05. The van der Waals surface area contributed by atoms with Gasteiger partial charge in [-0.15, -0.1) is 3.63 Å². The second-order valence-corrected chi connectivity index (χ2v) is 9.15. The first-order valence-corrected chi connectivity index (χ1v) is 11.3. The molecule has 0 saturated heterocycles. The number of unbranched alkanes of at least 4 members (excludes halogenated alkanes) is 9. The third kappa shape index (κ3) is 13.5. The van der Waals surface area contributed by atoms with Crippen LogP contribution >= 0.6 is 0 Å². The second kappa shape index (κ2) is 12.3. The van der Waals surface area contributed by atoms with Crippen LogP contribution in [0.5, 0.6) is 0 Å². The Bertz CT molecular complexity index is 460. The van der Waals surface area contributed by atoms with Crippen LogP contribution < -0.4 is 5.73 Å². The van der Waals surface area contributed by atoms with Gasteiger partial charge in [-0.25, -0.2) is 0 Å². The zero-order valence-electron chi connectivity index (χ0n) is 13.6. The fourth-order valence-electron chi connectivity index (χ4n) is 2.14. The van der Waals surface area contributed by atoms with Gasteiger partial charge in [0.25, 0.3) is 20.2 Å². The summed E-state index contributed by atoms with van der Waals surface area (Å²) in [5, 5.41) is 0. The number of rotatable bonds is 15. The lowest BCUT2D eigenvalue weighted by molar-refractivity contribution is 0.459. The van der Waals surface area contributed by atoms with Crippen molar-refractivity contribution < 1.29 is 20.5 Å². The van der Waals surface area contributed by atoms with E-state index in [1.54, 1.807) is 0 Å². The molecule has 0 amide bonds. The minimum atomic E-state index is -4.06. The Morgan fingerprint density at radius 1 is 0.682 bits per heavy atom. The predicted octanol–water partition coefficient (Wildman–Crippen LogP) is 2.54. The maximum Gasteiger partial charge on any atom is 0.283 e. The molecule has 0 unspecified atom stereocenters. The molecule has 0 rings (SSSR count). The lowest BCUT2D eigenvalue weighted by Crippen LogP contribution is -2.22. The van der Waals surface area contributed by atoms with Crippen molar-refractivity contribution in [2.45, 2.75) is 71.1 Å². The molecule has 0 atom stereocenters. The molecule has 0 aliphatic carbocycles. The van der Waals surface area contributed by atoms with Gasteiger partial charge in [-0.3, -0.25) is 0 Å². The van der Waals surface area contributed by atoms with Crippen LogP contribution in [0.2, 0.25) is 0 Å². The third-order valence-electron chi connectivity index (χ3n) is 3.32. The summed E-state index contributed by atoms with van der Waals surface area (Å²) in [6, 6.07) is 0. The van der Waals surface area contributed by atoms with Gasteiger partial charge in [0.2, 0.25) is 0 Å². The van der Waals surface area contributed by atoms with Gasteiger partial charge in [-0.1, -0.05) is 64.7 Å². The van der Waals surface area contributed by atoms with Crippen LogP contribution in [0.25, 0.3) is 0 Å². The molecule has 0 aromatic heterocycles. The van der Waals surface area contributed by atoms with Gasteiger partial charge in [-0.2, -0.15) is 16.8 Å². The quantitative estimate of drug-likeness (QED) is 0.452. The Hall–Kier alpha value is -0.180. The zero-order chi connectivity index (χ0) is 16.9. The Morgan fingerprint density at radius 2 is 1.09 bits per heavy atom. The topological polar surface area (TPSA) is 104 Å².